The number of nitrogens with one attached hydrogen (secondary N) is 2. The number of anilines is 1. The van der Waals surface area contributed by atoms with Gasteiger partial charge in [-0.15, -0.1) is 0 Å². The normalized spacial score (nSPS) is 14.8. The highest BCUT2D eigenvalue weighted by Crippen LogP contribution is 2.31. The van der Waals surface area contributed by atoms with Gasteiger partial charge in [-0.25, -0.2) is 8.42 Å². The molecule has 0 unspecified atom stereocenters. The minimum Gasteiger partial charge on any atom is -0.351 e. The van der Waals surface area contributed by atoms with Crippen molar-refractivity contribution in [1.29, 1.82) is 0 Å². The van der Waals surface area contributed by atoms with Crippen molar-refractivity contribution in [2.24, 2.45) is 11.7 Å². The van der Waals surface area contributed by atoms with E-state index >= 15 is 0 Å². The van der Waals surface area contributed by atoms with Crippen LogP contribution in [0.2, 0.25) is 0 Å². The lowest BCUT2D eigenvalue weighted by Gasteiger charge is -2.12. The van der Waals surface area contributed by atoms with Gasteiger partial charge in [0.1, 0.15) is 0 Å². The molecular formula is C13H19N3O3S. The molecule has 20 heavy (non-hydrogen) atoms. The summed E-state index contributed by atoms with van der Waals surface area (Å²) < 4.78 is 26.4. The maximum Gasteiger partial charge on any atom is 0.253 e. The van der Waals surface area contributed by atoms with Crippen molar-refractivity contribution < 1.29 is 13.2 Å². The first-order valence-corrected chi connectivity index (χ1v) is 8.25. The number of carbonyl (C=O) groups excluding carboxylic acids is 1. The van der Waals surface area contributed by atoms with Crippen molar-refractivity contribution in [3.8, 4) is 0 Å². The van der Waals surface area contributed by atoms with E-state index in [0.717, 1.165) is 12.8 Å². The van der Waals surface area contributed by atoms with Gasteiger partial charge in [-0.05, 0) is 30.9 Å². The van der Waals surface area contributed by atoms with Crippen LogP contribution in [0, 0.1) is 5.92 Å². The van der Waals surface area contributed by atoms with E-state index in [1.54, 1.807) is 24.3 Å². The number of hydrogen-bond acceptors (Lipinski definition) is 4. The Morgan fingerprint density at radius 3 is 2.65 bits per heavy atom. The molecule has 110 valence electrons. The molecule has 0 saturated heterocycles. The predicted molar refractivity (Wildman–Crippen MR) is 78.0 cm³/mol. The van der Waals surface area contributed by atoms with E-state index in [1.165, 1.54) is 0 Å². The zero-order valence-corrected chi connectivity index (χ0v) is 11.9. The van der Waals surface area contributed by atoms with Gasteiger partial charge in [0.25, 0.3) is 5.91 Å². The molecule has 4 N–H and O–H groups in total. The molecule has 7 heteroatoms. The molecule has 0 atom stereocenters. The molecule has 2 rings (SSSR count). The maximum atomic E-state index is 12.0. The van der Waals surface area contributed by atoms with Crippen LogP contribution < -0.4 is 15.8 Å². The number of amides is 1. The molecule has 0 aromatic heterocycles. The lowest BCUT2D eigenvalue weighted by Crippen LogP contribution is -2.30. The van der Waals surface area contributed by atoms with E-state index in [4.69, 9.17) is 5.73 Å². The van der Waals surface area contributed by atoms with Crippen LogP contribution in [0.25, 0.3) is 0 Å². The third-order valence-electron chi connectivity index (χ3n) is 3.02. The number of carbonyl (C=O) groups is 1. The molecule has 1 aliphatic carbocycles. The molecular weight excluding hydrogens is 278 g/mol. The SMILES string of the molecule is NCCNC(=O)c1ccccc1NS(=O)(=O)CC1CC1. The van der Waals surface area contributed by atoms with Crippen LogP contribution in [0.1, 0.15) is 23.2 Å². The fraction of sp³-hybridized carbons (Fsp3) is 0.462. The smallest absolute Gasteiger partial charge is 0.253 e. The molecule has 1 amide bonds. The summed E-state index contributed by atoms with van der Waals surface area (Å²) in [5, 5.41) is 2.63. The molecule has 6 nitrogen and oxygen atoms in total. The van der Waals surface area contributed by atoms with Gasteiger partial charge in [-0.1, -0.05) is 12.1 Å². The lowest BCUT2D eigenvalue weighted by atomic mass is 10.1. The molecule has 1 saturated carbocycles. The quantitative estimate of drug-likeness (QED) is 0.683. The Morgan fingerprint density at radius 1 is 1.30 bits per heavy atom. The Balaban J connectivity index is 2.12. The van der Waals surface area contributed by atoms with Gasteiger partial charge in [0.15, 0.2) is 0 Å². The summed E-state index contributed by atoms with van der Waals surface area (Å²) >= 11 is 0. The zero-order valence-electron chi connectivity index (χ0n) is 11.1. The fourth-order valence-corrected chi connectivity index (χ4v) is 3.41. The van der Waals surface area contributed by atoms with Gasteiger partial charge in [0.2, 0.25) is 10.0 Å². The topological polar surface area (TPSA) is 101 Å². The van der Waals surface area contributed by atoms with Gasteiger partial charge in [0, 0.05) is 13.1 Å². The summed E-state index contributed by atoms with van der Waals surface area (Å²) in [5.41, 5.74) is 5.94. The second-order valence-electron chi connectivity index (χ2n) is 4.92. The van der Waals surface area contributed by atoms with E-state index < -0.39 is 10.0 Å². The van der Waals surface area contributed by atoms with E-state index in [1.807, 2.05) is 0 Å². The summed E-state index contributed by atoms with van der Waals surface area (Å²) in [6.07, 6.45) is 1.92. The van der Waals surface area contributed by atoms with E-state index in [0.29, 0.717) is 24.3 Å². The average Bonchev–Trinajstić information content (AvgIpc) is 3.19. The van der Waals surface area contributed by atoms with Crippen LogP contribution in [0.15, 0.2) is 24.3 Å². The summed E-state index contributed by atoms with van der Waals surface area (Å²) in [4.78, 5) is 11.9. The monoisotopic (exact) mass is 297 g/mol. The highest BCUT2D eigenvalue weighted by Gasteiger charge is 2.28. The molecule has 0 heterocycles. The number of hydrogen-bond donors (Lipinski definition) is 3. The van der Waals surface area contributed by atoms with Gasteiger partial charge in [-0.2, -0.15) is 0 Å². The Hall–Kier alpha value is -1.60. The maximum absolute atomic E-state index is 12.0. The number of sulfonamides is 1. The van der Waals surface area contributed by atoms with Crippen LogP contribution >= 0.6 is 0 Å². The molecule has 0 bridgehead atoms. The second kappa shape index (κ2) is 6.23. The molecule has 0 radical (unpaired) electrons. The van der Waals surface area contributed by atoms with Crippen molar-refractivity contribution in [3.63, 3.8) is 0 Å². The van der Waals surface area contributed by atoms with Crippen LogP contribution in [0.4, 0.5) is 5.69 Å². The van der Waals surface area contributed by atoms with Crippen molar-refractivity contribution >= 4 is 21.6 Å². The molecule has 0 spiro atoms. The molecule has 0 aliphatic heterocycles. The largest absolute Gasteiger partial charge is 0.351 e. The van der Waals surface area contributed by atoms with Crippen LogP contribution in [-0.2, 0) is 10.0 Å². The highest BCUT2D eigenvalue weighted by molar-refractivity contribution is 7.92. The molecule has 1 aromatic rings. The Bertz CT molecular complexity index is 582. The Labute approximate surface area is 118 Å². The Morgan fingerprint density at radius 2 is 2.00 bits per heavy atom. The highest BCUT2D eigenvalue weighted by atomic mass is 32.2. The first kappa shape index (κ1) is 14.8. The van der Waals surface area contributed by atoms with E-state index in [2.05, 4.69) is 10.0 Å². The van der Waals surface area contributed by atoms with Crippen molar-refractivity contribution in [1.82, 2.24) is 5.32 Å². The zero-order chi connectivity index (χ0) is 14.6. The first-order valence-electron chi connectivity index (χ1n) is 6.59. The predicted octanol–water partition coefficient (Wildman–Crippen LogP) is 0.527. The number of rotatable bonds is 7. The standard InChI is InChI=1S/C13H19N3O3S/c14-7-8-15-13(17)11-3-1-2-4-12(11)16-20(18,19)9-10-5-6-10/h1-4,10,16H,5-9,14H2,(H,15,17). The summed E-state index contributed by atoms with van der Waals surface area (Å²) in [5.74, 6) is 0.0389. The third kappa shape index (κ3) is 4.21. The van der Waals surface area contributed by atoms with Crippen LogP contribution in [0.3, 0.4) is 0 Å². The summed E-state index contributed by atoms with van der Waals surface area (Å²) in [6.45, 7) is 0.684. The minimum absolute atomic E-state index is 0.117. The van der Waals surface area contributed by atoms with Crippen molar-refractivity contribution in [2.45, 2.75) is 12.8 Å². The van der Waals surface area contributed by atoms with Gasteiger partial charge in [0.05, 0.1) is 17.0 Å². The molecule has 1 aromatic carbocycles. The second-order valence-corrected chi connectivity index (χ2v) is 6.68. The minimum atomic E-state index is -3.40. The number of para-hydroxylation sites is 1. The van der Waals surface area contributed by atoms with Crippen molar-refractivity contribution in [3.05, 3.63) is 29.8 Å². The van der Waals surface area contributed by atoms with Crippen molar-refractivity contribution in [2.75, 3.05) is 23.6 Å². The van der Waals surface area contributed by atoms with Gasteiger partial charge in [-0.3, -0.25) is 9.52 Å². The molecule has 1 fully saturated rings. The number of benzene rings is 1. The fourth-order valence-electron chi connectivity index (χ4n) is 1.86. The lowest BCUT2D eigenvalue weighted by molar-refractivity contribution is 0.0955. The van der Waals surface area contributed by atoms with Crippen LogP contribution in [0.5, 0.6) is 0 Å². The molecule has 1 aliphatic rings. The number of nitrogens with two attached hydrogens (primary N) is 1. The summed E-state index contributed by atoms with van der Waals surface area (Å²) in [6, 6.07) is 6.55. The first-order chi connectivity index (χ1) is 9.52. The average molecular weight is 297 g/mol. The Kier molecular flexibility index (Phi) is 4.61. The summed E-state index contributed by atoms with van der Waals surface area (Å²) in [7, 11) is -3.40. The van der Waals surface area contributed by atoms with E-state index in [9.17, 15) is 13.2 Å². The van der Waals surface area contributed by atoms with Crippen LogP contribution in [-0.4, -0.2) is 33.2 Å². The van der Waals surface area contributed by atoms with Gasteiger partial charge >= 0.3 is 0 Å². The van der Waals surface area contributed by atoms with E-state index in [-0.39, 0.29) is 17.6 Å². The van der Waals surface area contributed by atoms with Gasteiger partial charge < -0.3 is 11.1 Å². The third-order valence-corrected chi connectivity index (χ3v) is 4.46.